The highest BCUT2D eigenvalue weighted by molar-refractivity contribution is 6.33. The molecule has 23 heavy (non-hydrogen) atoms. The lowest BCUT2D eigenvalue weighted by Gasteiger charge is -2.18. The first-order valence-corrected chi connectivity index (χ1v) is 8.04. The Kier molecular flexibility index (Phi) is 3.89. The van der Waals surface area contributed by atoms with Gasteiger partial charge in [0.15, 0.2) is 5.82 Å². The molecule has 0 saturated carbocycles. The molecular formula is C17H16ClN3O2. The Hall–Kier alpha value is -2.11. The summed E-state index contributed by atoms with van der Waals surface area (Å²) < 4.78 is 12.8. The van der Waals surface area contributed by atoms with Gasteiger partial charge in [0.25, 0.3) is 5.89 Å². The molecule has 6 heteroatoms. The third kappa shape index (κ3) is 2.90. The molecule has 0 unspecified atom stereocenters. The topological polar surface area (TPSA) is 53.1 Å². The molecule has 2 aromatic heterocycles. The summed E-state index contributed by atoms with van der Waals surface area (Å²) in [6.45, 7) is 1.50. The van der Waals surface area contributed by atoms with Crippen molar-refractivity contribution in [3.8, 4) is 17.1 Å². The molecular weight excluding hydrogens is 314 g/mol. The largest absolute Gasteiger partial charge is 0.381 e. The Balaban J connectivity index is 1.67. The highest BCUT2D eigenvalue weighted by atomic mass is 35.5. The molecule has 0 radical (unpaired) electrons. The van der Waals surface area contributed by atoms with E-state index >= 15 is 0 Å². The van der Waals surface area contributed by atoms with Gasteiger partial charge in [-0.1, -0.05) is 16.8 Å². The first-order chi connectivity index (χ1) is 11.3. The first kappa shape index (κ1) is 14.5. The van der Waals surface area contributed by atoms with E-state index in [2.05, 4.69) is 10.1 Å². The van der Waals surface area contributed by atoms with Gasteiger partial charge in [-0.05, 0) is 43.2 Å². The van der Waals surface area contributed by atoms with Crippen molar-refractivity contribution in [1.82, 2.24) is 14.7 Å². The quantitative estimate of drug-likeness (QED) is 0.726. The molecule has 0 atom stereocenters. The number of benzene rings is 1. The number of halogens is 1. The summed E-state index contributed by atoms with van der Waals surface area (Å²) >= 11 is 6.33. The second-order valence-corrected chi connectivity index (χ2v) is 6.01. The molecule has 4 rings (SSSR count). The fraction of sp³-hybridized carbons (Fsp3) is 0.294. The van der Waals surface area contributed by atoms with Gasteiger partial charge >= 0.3 is 0 Å². The highest BCUT2D eigenvalue weighted by Crippen LogP contribution is 2.31. The van der Waals surface area contributed by atoms with Crippen molar-refractivity contribution >= 4 is 11.6 Å². The molecule has 0 aliphatic carbocycles. The van der Waals surface area contributed by atoms with Gasteiger partial charge in [0, 0.05) is 37.2 Å². The smallest absolute Gasteiger partial charge is 0.259 e. The Bertz CT molecular complexity index is 792. The van der Waals surface area contributed by atoms with Crippen LogP contribution in [0.4, 0.5) is 0 Å². The van der Waals surface area contributed by atoms with E-state index < -0.39 is 0 Å². The fourth-order valence-corrected chi connectivity index (χ4v) is 3.01. The van der Waals surface area contributed by atoms with Crippen molar-refractivity contribution in [3.05, 3.63) is 53.6 Å². The van der Waals surface area contributed by atoms with Gasteiger partial charge in [-0.25, -0.2) is 0 Å². The maximum absolute atomic E-state index is 6.33. The van der Waals surface area contributed by atoms with E-state index in [-0.39, 0.29) is 0 Å². The molecule has 0 amide bonds. The minimum atomic E-state index is 0.299. The standard InChI is InChI=1S/C17H16ClN3O2/c18-15-4-3-13(21-7-1-2-8-21)11-14(15)17-19-16(20-23-17)12-5-9-22-10-6-12/h1-4,7-8,11-12H,5-6,9-10H2. The third-order valence-electron chi connectivity index (χ3n) is 4.11. The molecule has 1 aromatic carbocycles. The Morgan fingerprint density at radius 2 is 1.91 bits per heavy atom. The van der Waals surface area contributed by atoms with Crippen LogP contribution >= 0.6 is 11.6 Å². The average Bonchev–Trinajstić information content (AvgIpc) is 3.28. The summed E-state index contributed by atoms with van der Waals surface area (Å²) in [7, 11) is 0. The summed E-state index contributed by atoms with van der Waals surface area (Å²) in [6.07, 6.45) is 5.81. The lowest BCUT2D eigenvalue weighted by atomic mass is 10.00. The lowest BCUT2D eigenvalue weighted by molar-refractivity contribution is 0.0830. The SMILES string of the molecule is Clc1ccc(-n2cccc2)cc1-c1nc(C2CCOCC2)no1. The number of ether oxygens (including phenoxy) is 1. The number of hydrogen-bond acceptors (Lipinski definition) is 4. The second kappa shape index (κ2) is 6.18. The van der Waals surface area contributed by atoms with E-state index in [9.17, 15) is 0 Å². The molecule has 3 aromatic rings. The van der Waals surface area contributed by atoms with Crippen LogP contribution in [0.3, 0.4) is 0 Å². The van der Waals surface area contributed by atoms with Gasteiger partial charge in [0.2, 0.25) is 0 Å². The molecule has 5 nitrogen and oxygen atoms in total. The average molecular weight is 330 g/mol. The van der Waals surface area contributed by atoms with Crippen LogP contribution < -0.4 is 0 Å². The van der Waals surface area contributed by atoms with Crippen LogP contribution in [-0.2, 0) is 4.74 Å². The van der Waals surface area contributed by atoms with Crippen molar-refractivity contribution in [2.24, 2.45) is 0 Å². The van der Waals surface area contributed by atoms with Gasteiger partial charge in [-0.15, -0.1) is 0 Å². The summed E-state index contributed by atoms with van der Waals surface area (Å²) in [5, 5.41) is 4.74. The van der Waals surface area contributed by atoms with Crippen LogP contribution in [0, 0.1) is 0 Å². The maximum Gasteiger partial charge on any atom is 0.259 e. The van der Waals surface area contributed by atoms with Gasteiger partial charge in [0.05, 0.1) is 10.6 Å². The molecule has 118 valence electrons. The predicted molar refractivity (Wildman–Crippen MR) is 86.9 cm³/mol. The van der Waals surface area contributed by atoms with Gasteiger partial charge < -0.3 is 13.8 Å². The second-order valence-electron chi connectivity index (χ2n) is 5.60. The first-order valence-electron chi connectivity index (χ1n) is 7.66. The zero-order valence-electron chi connectivity index (χ0n) is 12.5. The Labute approximate surface area is 138 Å². The van der Waals surface area contributed by atoms with Crippen LogP contribution in [0.15, 0.2) is 47.2 Å². The molecule has 1 saturated heterocycles. The van der Waals surface area contributed by atoms with Crippen molar-refractivity contribution < 1.29 is 9.26 Å². The number of hydrogen-bond donors (Lipinski definition) is 0. The monoisotopic (exact) mass is 329 g/mol. The van der Waals surface area contributed by atoms with E-state index in [0.29, 0.717) is 16.8 Å². The lowest BCUT2D eigenvalue weighted by Crippen LogP contribution is -2.15. The molecule has 0 spiro atoms. The molecule has 0 N–H and O–H groups in total. The van der Waals surface area contributed by atoms with Crippen LogP contribution in [0.5, 0.6) is 0 Å². The summed E-state index contributed by atoms with van der Waals surface area (Å²) in [5.74, 6) is 1.50. The zero-order valence-corrected chi connectivity index (χ0v) is 13.2. The highest BCUT2D eigenvalue weighted by Gasteiger charge is 2.22. The third-order valence-corrected chi connectivity index (χ3v) is 4.44. The van der Waals surface area contributed by atoms with Gasteiger partial charge in [0.1, 0.15) is 0 Å². The normalized spacial score (nSPS) is 15.9. The fourth-order valence-electron chi connectivity index (χ4n) is 2.81. The van der Waals surface area contributed by atoms with Crippen LogP contribution in [-0.4, -0.2) is 27.9 Å². The van der Waals surface area contributed by atoms with E-state index in [4.69, 9.17) is 20.9 Å². The molecule has 0 bridgehead atoms. The van der Waals surface area contributed by atoms with Crippen molar-refractivity contribution in [1.29, 1.82) is 0 Å². The van der Waals surface area contributed by atoms with Crippen molar-refractivity contribution in [2.45, 2.75) is 18.8 Å². The van der Waals surface area contributed by atoms with E-state index in [1.54, 1.807) is 0 Å². The Morgan fingerprint density at radius 1 is 1.13 bits per heavy atom. The minimum Gasteiger partial charge on any atom is -0.381 e. The molecule has 3 heterocycles. The molecule has 1 aliphatic rings. The zero-order chi connectivity index (χ0) is 15.6. The maximum atomic E-state index is 6.33. The van der Waals surface area contributed by atoms with E-state index in [1.165, 1.54) is 0 Å². The van der Waals surface area contributed by atoms with E-state index in [1.807, 2.05) is 47.3 Å². The van der Waals surface area contributed by atoms with E-state index in [0.717, 1.165) is 43.1 Å². The molecule has 1 fully saturated rings. The number of rotatable bonds is 3. The van der Waals surface area contributed by atoms with Crippen LogP contribution in [0.1, 0.15) is 24.6 Å². The summed E-state index contributed by atoms with van der Waals surface area (Å²) in [4.78, 5) is 4.56. The number of nitrogens with zero attached hydrogens (tertiary/aromatic N) is 3. The van der Waals surface area contributed by atoms with Crippen molar-refractivity contribution in [3.63, 3.8) is 0 Å². The minimum absolute atomic E-state index is 0.299. The van der Waals surface area contributed by atoms with Crippen molar-refractivity contribution in [2.75, 3.05) is 13.2 Å². The number of aromatic nitrogens is 3. The van der Waals surface area contributed by atoms with Crippen LogP contribution in [0.2, 0.25) is 5.02 Å². The van der Waals surface area contributed by atoms with Crippen LogP contribution in [0.25, 0.3) is 17.1 Å². The Morgan fingerprint density at radius 3 is 2.70 bits per heavy atom. The summed E-state index contributed by atoms with van der Waals surface area (Å²) in [6, 6.07) is 9.73. The van der Waals surface area contributed by atoms with Gasteiger partial charge in [-0.3, -0.25) is 0 Å². The summed E-state index contributed by atoms with van der Waals surface area (Å²) in [5.41, 5.74) is 1.75. The van der Waals surface area contributed by atoms with Gasteiger partial charge in [-0.2, -0.15) is 4.98 Å². The predicted octanol–water partition coefficient (Wildman–Crippen LogP) is 4.07. The molecule has 1 aliphatic heterocycles.